The minimum atomic E-state index is -4.31. The van der Waals surface area contributed by atoms with E-state index in [1.54, 1.807) is 0 Å². The molecule has 1 fully saturated rings. The van der Waals surface area contributed by atoms with Gasteiger partial charge in [0.15, 0.2) is 0 Å². The highest BCUT2D eigenvalue weighted by molar-refractivity contribution is 7.88. The molecule has 18 heavy (non-hydrogen) atoms. The third-order valence-electron chi connectivity index (χ3n) is 2.49. The van der Waals surface area contributed by atoms with E-state index in [2.05, 4.69) is 4.74 Å². The molecule has 0 spiro atoms. The summed E-state index contributed by atoms with van der Waals surface area (Å²) >= 11 is 0. The van der Waals surface area contributed by atoms with Crippen LogP contribution in [-0.2, 0) is 24.5 Å². The van der Waals surface area contributed by atoms with E-state index < -0.39 is 27.8 Å². The molecule has 1 saturated heterocycles. The molecule has 0 aromatic heterocycles. The molecule has 0 saturated carbocycles. The summed E-state index contributed by atoms with van der Waals surface area (Å²) in [5, 5.41) is 9.12. The Hall–Kier alpha value is -1.39. The topological polar surface area (TPSA) is 131 Å². The first kappa shape index (κ1) is 14.7. The van der Waals surface area contributed by atoms with Crippen molar-refractivity contribution < 1.29 is 32.6 Å². The van der Waals surface area contributed by atoms with E-state index in [1.165, 1.54) is 4.72 Å². The Bertz CT molecular complexity index is 427. The van der Waals surface area contributed by atoms with Crippen LogP contribution in [0, 0.1) is 0 Å². The van der Waals surface area contributed by atoms with E-state index in [-0.39, 0.29) is 26.1 Å². The Balaban J connectivity index is 2.84. The van der Waals surface area contributed by atoms with Gasteiger partial charge >= 0.3 is 22.3 Å². The molecule has 1 aliphatic heterocycles. The van der Waals surface area contributed by atoms with Crippen LogP contribution < -0.4 is 9.44 Å². The van der Waals surface area contributed by atoms with E-state index >= 15 is 0 Å². The highest BCUT2D eigenvalue weighted by Crippen LogP contribution is 2.21. The molecule has 0 aromatic carbocycles. The van der Waals surface area contributed by atoms with Gasteiger partial charge in [0.2, 0.25) is 0 Å². The number of ether oxygens (including phenoxy) is 2. The molecule has 9 nitrogen and oxygen atoms in total. The van der Waals surface area contributed by atoms with Gasteiger partial charge in [0.1, 0.15) is 5.54 Å². The summed E-state index contributed by atoms with van der Waals surface area (Å²) in [4.78, 5) is 22.0. The predicted octanol–water partition coefficient (Wildman–Crippen LogP) is -1.19. The van der Waals surface area contributed by atoms with Gasteiger partial charge in [0.05, 0.1) is 7.11 Å². The molecule has 0 unspecified atom stereocenters. The fraction of sp³-hybridized carbons (Fsp3) is 0.750. The zero-order chi connectivity index (χ0) is 13.8. The van der Waals surface area contributed by atoms with Crippen LogP contribution in [0.2, 0.25) is 0 Å². The lowest BCUT2D eigenvalue weighted by Gasteiger charge is -2.33. The maximum Gasteiger partial charge on any atom is 0.421 e. The summed E-state index contributed by atoms with van der Waals surface area (Å²) < 4.78 is 35.7. The summed E-state index contributed by atoms with van der Waals surface area (Å²) in [6.07, 6.45) is -1.25. The molecule has 1 rings (SSSR count). The SMILES string of the molecule is COC(=O)NS(=O)(=O)NC1(C(=O)O)CCOCC1. The minimum absolute atomic E-state index is 0.0234. The fourth-order valence-corrected chi connectivity index (χ4v) is 2.67. The van der Waals surface area contributed by atoms with Crippen molar-refractivity contribution in [2.75, 3.05) is 20.3 Å². The van der Waals surface area contributed by atoms with Gasteiger partial charge in [0.25, 0.3) is 0 Å². The predicted molar refractivity (Wildman–Crippen MR) is 58.0 cm³/mol. The number of methoxy groups -OCH3 is 1. The number of amides is 1. The molecule has 0 bridgehead atoms. The van der Waals surface area contributed by atoms with Crippen LogP contribution in [0.5, 0.6) is 0 Å². The highest BCUT2D eigenvalue weighted by Gasteiger charge is 2.43. The van der Waals surface area contributed by atoms with E-state index in [9.17, 15) is 18.0 Å². The van der Waals surface area contributed by atoms with Crippen molar-refractivity contribution in [2.24, 2.45) is 0 Å². The fourth-order valence-electron chi connectivity index (χ4n) is 1.51. The lowest BCUT2D eigenvalue weighted by molar-refractivity contribution is -0.148. The Kier molecular flexibility index (Phi) is 4.48. The first-order valence-electron chi connectivity index (χ1n) is 5.02. The molecular formula is C8H14N2O7S. The van der Waals surface area contributed by atoms with E-state index in [0.717, 1.165) is 7.11 Å². The number of nitrogens with one attached hydrogen (secondary N) is 2. The van der Waals surface area contributed by atoms with Gasteiger partial charge in [0, 0.05) is 26.1 Å². The second-order valence-corrected chi connectivity index (χ2v) is 5.11. The van der Waals surface area contributed by atoms with Crippen molar-refractivity contribution in [3.8, 4) is 0 Å². The second-order valence-electron chi connectivity index (χ2n) is 3.70. The van der Waals surface area contributed by atoms with Crippen LogP contribution >= 0.6 is 0 Å². The Morgan fingerprint density at radius 3 is 2.33 bits per heavy atom. The third-order valence-corrected chi connectivity index (χ3v) is 3.58. The van der Waals surface area contributed by atoms with Crippen molar-refractivity contribution in [1.29, 1.82) is 0 Å². The lowest BCUT2D eigenvalue weighted by Crippen LogP contribution is -2.60. The van der Waals surface area contributed by atoms with E-state index in [4.69, 9.17) is 9.84 Å². The summed E-state index contributed by atoms with van der Waals surface area (Å²) in [5.74, 6) is -1.32. The number of rotatable bonds is 4. The number of carboxylic acids is 1. The second kappa shape index (κ2) is 5.50. The van der Waals surface area contributed by atoms with Gasteiger partial charge in [-0.25, -0.2) is 9.52 Å². The first-order valence-corrected chi connectivity index (χ1v) is 6.50. The van der Waals surface area contributed by atoms with Crippen LogP contribution in [0.3, 0.4) is 0 Å². The minimum Gasteiger partial charge on any atom is -0.480 e. The Morgan fingerprint density at radius 2 is 1.89 bits per heavy atom. The van der Waals surface area contributed by atoms with Gasteiger partial charge in [-0.2, -0.15) is 13.1 Å². The van der Waals surface area contributed by atoms with Gasteiger partial charge in [-0.15, -0.1) is 0 Å². The maximum absolute atomic E-state index is 11.6. The average molecular weight is 282 g/mol. The van der Waals surface area contributed by atoms with Crippen molar-refractivity contribution >= 4 is 22.3 Å². The van der Waals surface area contributed by atoms with Crippen LogP contribution in [0.15, 0.2) is 0 Å². The molecule has 1 heterocycles. The number of aliphatic carboxylic acids is 1. The van der Waals surface area contributed by atoms with Crippen molar-refractivity contribution in [3.63, 3.8) is 0 Å². The molecule has 104 valence electrons. The molecule has 0 aliphatic carbocycles. The Labute approximate surface area is 104 Å². The van der Waals surface area contributed by atoms with Gasteiger partial charge in [-0.05, 0) is 0 Å². The molecule has 1 aliphatic rings. The lowest BCUT2D eigenvalue weighted by atomic mass is 9.92. The van der Waals surface area contributed by atoms with Crippen LogP contribution in [0.25, 0.3) is 0 Å². The summed E-state index contributed by atoms with van der Waals surface area (Å²) in [7, 11) is -3.31. The number of hydrogen-bond acceptors (Lipinski definition) is 6. The standard InChI is InChI=1S/C8H14N2O7S/c1-16-7(13)9-18(14,15)10-8(6(11)12)2-4-17-5-3-8/h10H,2-5H2,1H3,(H,9,13)(H,11,12). The summed E-state index contributed by atoms with van der Waals surface area (Å²) in [6.45, 7) is 0.236. The molecule has 3 N–H and O–H groups in total. The quantitative estimate of drug-likeness (QED) is 0.590. The molecule has 10 heteroatoms. The summed E-state index contributed by atoms with van der Waals surface area (Å²) in [6, 6.07) is 0. The number of carbonyl (C=O) groups is 2. The van der Waals surface area contributed by atoms with Crippen molar-refractivity contribution in [1.82, 2.24) is 9.44 Å². The molecule has 1 amide bonds. The highest BCUT2D eigenvalue weighted by atomic mass is 32.2. The van der Waals surface area contributed by atoms with Crippen LogP contribution in [0.1, 0.15) is 12.8 Å². The monoisotopic (exact) mass is 282 g/mol. The molecule has 0 atom stereocenters. The number of hydrogen-bond donors (Lipinski definition) is 3. The average Bonchev–Trinajstić information content (AvgIpc) is 2.28. The molecule has 0 radical (unpaired) electrons. The smallest absolute Gasteiger partial charge is 0.421 e. The van der Waals surface area contributed by atoms with Crippen molar-refractivity contribution in [2.45, 2.75) is 18.4 Å². The molecule has 0 aromatic rings. The third kappa shape index (κ3) is 3.55. The van der Waals surface area contributed by atoms with Gasteiger partial charge in [-0.1, -0.05) is 0 Å². The maximum atomic E-state index is 11.6. The summed E-state index contributed by atoms with van der Waals surface area (Å²) in [5.41, 5.74) is -1.67. The Morgan fingerprint density at radius 1 is 1.33 bits per heavy atom. The van der Waals surface area contributed by atoms with Crippen molar-refractivity contribution in [3.05, 3.63) is 0 Å². The number of carbonyl (C=O) groups excluding carboxylic acids is 1. The first-order chi connectivity index (χ1) is 8.31. The zero-order valence-corrected chi connectivity index (χ0v) is 10.4. The van der Waals surface area contributed by atoms with E-state index in [0.29, 0.717) is 0 Å². The zero-order valence-electron chi connectivity index (χ0n) is 9.63. The van der Waals surface area contributed by atoms with Gasteiger partial charge < -0.3 is 14.6 Å². The normalized spacial score (nSPS) is 18.9. The van der Waals surface area contributed by atoms with Crippen LogP contribution in [-0.4, -0.2) is 51.4 Å². The number of carboxylic acid groups (broad SMARTS) is 1. The van der Waals surface area contributed by atoms with E-state index in [1.807, 2.05) is 4.72 Å². The van der Waals surface area contributed by atoms with Gasteiger partial charge in [-0.3, -0.25) is 4.79 Å². The largest absolute Gasteiger partial charge is 0.480 e. The molecular weight excluding hydrogens is 268 g/mol. The van der Waals surface area contributed by atoms with Crippen LogP contribution in [0.4, 0.5) is 4.79 Å².